The molecular weight excluding hydrogens is 186 g/mol. The normalized spacial score (nSPS) is 3.36. The van der Waals surface area contributed by atoms with Crippen LogP contribution in [0, 0.1) is 0 Å². The summed E-state index contributed by atoms with van der Waals surface area (Å²) in [6.45, 7) is 4.22. The van der Waals surface area contributed by atoms with Crippen molar-refractivity contribution >= 4 is 124 Å². The van der Waals surface area contributed by atoms with Crippen molar-refractivity contribution < 1.29 is 9.90 Å². The second-order valence-corrected chi connectivity index (χ2v) is 0.755. The van der Waals surface area contributed by atoms with Crippen LogP contribution in [0.4, 0.5) is 0 Å². The Bertz CT molecular complexity index is 67.1. The SMILES string of the molecule is C=CN.CC(=O)O.[NaH].[NaH].[NaH].[NaH]. The predicted octanol–water partition coefficient (Wildman–Crippen LogP) is -2.41. The monoisotopic (exact) mass is 199 g/mol. The molecule has 0 saturated carbocycles. The van der Waals surface area contributed by atoms with Crippen LogP contribution < -0.4 is 5.73 Å². The van der Waals surface area contributed by atoms with Crippen molar-refractivity contribution in [3.05, 3.63) is 12.8 Å². The molecule has 0 unspecified atom stereocenters. The van der Waals surface area contributed by atoms with Gasteiger partial charge in [0.25, 0.3) is 5.97 Å². The van der Waals surface area contributed by atoms with Crippen molar-refractivity contribution in [3.63, 3.8) is 0 Å². The minimum atomic E-state index is -0.833. The van der Waals surface area contributed by atoms with Gasteiger partial charge in [0.2, 0.25) is 0 Å². The van der Waals surface area contributed by atoms with E-state index >= 15 is 0 Å². The summed E-state index contributed by atoms with van der Waals surface area (Å²) < 4.78 is 0. The second-order valence-electron chi connectivity index (χ2n) is 0.755. The third-order valence-electron chi connectivity index (χ3n) is 0. The molecule has 0 aromatic carbocycles. The van der Waals surface area contributed by atoms with Gasteiger partial charge in [0.15, 0.2) is 0 Å². The summed E-state index contributed by atoms with van der Waals surface area (Å²) in [4.78, 5) is 9.00. The molecule has 0 saturated heterocycles. The molecule has 11 heavy (non-hydrogen) atoms. The van der Waals surface area contributed by atoms with Crippen LogP contribution in [0.2, 0.25) is 0 Å². The third-order valence-corrected chi connectivity index (χ3v) is 0. The average Bonchev–Trinajstić information content (AvgIpc) is 1.33. The first kappa shape index (κ1) is 37.0. The summed E-state index contributed by atoms with van der Waals surface area (Å²) in [5.41, 5.74) is 4.61. The molecule has 0 aromatic rings. The van der Waals surface area contributed by atoms with E-state index in [0.29, 0.717) is 0 Å². The Labute approximate surface area is 156 Å². The summed E-state index contributed by atoms with van der Waals surface area (Å²) in [7, 11) is 0. The van der Waals surface area contributed by atoms with E-state index in [9.17, 15) is 0 Å². The molecule has 0 spiro atoms. The van der Waals surface area contributed by atoms with Gasteiger partial charge in [-0.15, -0.1) is 0 Å². The summed E-state index contributed by atoms with van der Waals surface area (Å²) in [6.07, 6.45) is 1.25. The molecule has 3 N–H and O–H groups in total. The van der Waals surface area contributed by atoms with Crippen molar-refractivity contribution in [2.24, 2.45) is 5.73 Å². The standard InChI is InChI=1S/C2H5N.C2H4O2.4Na.4H/c1-2-3;1-2(3)4;;;;;;;;/h2H,1,3H2;1H3,(H,3,4);;;;;;;;. The number of hydrogen-bond donors (Lipinski definition) is 2. The summed E-state index contributed by atoms with van der Waals surface area (Å²) >= 11 is 0. The Kier molecular flexibility index (Phi) is 128. The molecule has 0 aromatic heterocycles. The summed E-state index contributed by atoms with van der Waals surface area (Å²) in [5, 5.41) is 7.42. The van der Waals surface area contributed by atoms with Crippen molar-refractivity contribution in [1.82, 2.24) is 0 Å². The van der Waals surface area contributed by atoms with Gasteiger partial charge >= 0.3 is 118 Å². The van der Waals surface area contributed by atoms with Gasteiger partial charge in [-0.05, 0) is 6.20 Å². The van der Waals surface area contributed by atoms with Crippen LogP contribution in [-0.4, -0.2) is 129 Å². The molecule has 50 valence electrons. The van der Waals surface area contributed by atoms with E-state index in [1.165, 1.54) is 6.20 Å². The van der Waals surface area contributed by atoms with Crippen molar-refractivity contribution in [2.75, 3.05) is 0 Å². The van der Waals surface area contributed by atoms with Gasteiger partial charge in [-0.1, -0.05) is 6.58 Å². The first-order valence-corrected chi connectivity index (χ1v) is 1.67. The number of nitrogens with two attached hydrogens (primary N) is 1. The minimum absolute atomic E-state index is 0. The van der Waals surface area contributed by atoms with E-state index in [0.717, 1.165) is 6.92 Å². The van der Waals surface area contributed by atoms with Gasteiger partial charge < -0.3 is 10.8 Å². The van der Waals surface area contributed by atoms with Crippen LogP contribution in [0.15, 0.2) is 12.8 Å². The molecule has 0 aliphatic carbocycles. The first-order chi connectivity index (χ1) is 3.15. The molecule has 0 amide bonds. The molecule has 0 rings (SSSR count). The number of carboxylic acid groups (broad SMARTS) is 1. The summed E-state index contributed by atoms with van der Waals surface area (Å²) in [6, 6.07) is 0. The molecular formula is C4H13NNa4O2. The zero-order valence-electron chi connectivity index (χ0n) is 4.22. The van der Waals surface area contributed by atoms with Gasteiger partial charge in [-0.2, -0.15) is 0 Å². The van der Waals surface area contributed by atoms with E-state index in [2.05, 4.69) is 12.3 Å². The maximum absolute atomic E-state index is 9.00. The van der Waals surface area contributed by atoms with E-state index in [1.54, 1.807) is 0 Å². The number of hydrogen-bond acceptors (Lipinski definition) is 2. The topological polar surface area (TPSA) is 63.3 Å². The van der Waals surface area contributed by atoms with Crippen molar-refractivity contribution in [2.45, 2.75) is 6.92 Å². The van der Waals surface area contributed by atoms with E-state index in [-0.39, 0.29) is 118 Å². The van der Waals surface area contributed by atoms with Gasteiger partial charge in [0, 0.05) is 6.92 Å². The fourth-order valence-electron chi connectivity index (χ4n) is 0. The molecule has 7 heteroatoms. The van der Waals surface area contributed by atoms with Crippen LogP contribution in [-0.2, 0) is 4.79 Å². The van der Waals surface area contributed by atoms with Crippen LogP contribution in [0.25, 0.3) is 0 Å². The average molecular weight is 199 g/mol. The van der Waals surface area contributed by atoms with Crippen molar-refractivity contribution in [1.29, 1.82) is 0 Å². The van der Waals surface area contributed by atoms with Crippen LogP contribution in [0.5, 0.6) is 0 Å². The zero-order valence-corrected chi connectivity index (χ0v) is 4.22. The van der Waals surface area contributed by atoms with E-state index in [1.807, 2.05) is 0 Å². The second kappa shape index (κ2) is 38.2. The van der Waals surface area contributed by atoms with Gasteiger partial charge in [0.05, 0.1) is 0 Å². The maximum atomic E-state index is 9.00. The fraction of sp³-hybridized carbons (Fsp3) is 0.250. The number of rotatable bonds is 0. The van der Waals surface area contributed by atoms with Crippen molar-refractivity contribution in [3.8, 4) is 0 Å². The molecule has 0 aliphatic heterocycles. The Morgan fingerprint density at radius 1 is 1.36 bits per heavy atom. The predicted molar refractivity (Wildman–Crippen MR) is 56.3 cm³/mol. The molecule has 0 fully saturated rings. The zero-order chi connectivity index (χ0) is 6.28. The first-order valence-electron chi connectivity index (χ1n) is 1.67. The Hall–Kier alpha value is 3.01. The number of carboxylic acids is 1. The molecule has 0 bridgehead atoms. The number of aliphatic carboxylic acids is 1. The molecule has 0 heterocycles. The molecule has 0 atom stereocenters. The van der Waals surface area contributed by atoms with Gasteiger partial charge in [-0.3, -0.25) is 4.79 Å². The van der Waals surface area contributed by atoms with Crippen LogP contribution >= 0.6 is 0 Å². The number of carbonyl (C=O) groups is 1. The Morgan fingerprint density at radius 2 is 1.36 bits per heavy atom. The van der Waals surface area contributed by atoms with Crippen LogP contribution in [0.3, 0.4) is 0 Å². The third kappa shape index (κ3) is 174. The molecule has 0 aliphatic rings. The Morgan fingerprint density at radius 3 is 1.36 bits per heavy atom. The fourth-order valence-corrected chi connectivity index (χ4v) is 0. The van der Waals surface area contributed by atoms with Gasteiger partial charge in [-0.25, -0.2) is 0 Å². The van der Waals surface area contributed by atoms with E-state index in [4.69, 9.17) is 9.90 Å². The molecule has 3 nitrogen and oxygen atoms in total. The van der Waals surface area contributed by atoms with Crippen LogP contribution in [0.1, 0.15) is 6.92 Å². The van der Waals surface area contributed by atoms with E-state index < -0.39 is 5.97 Å². The van der Waals surface area contributed by atoms with Gasteiger partial charge in [0.1, 0.15) is 0 Å². The quantitative estimate of drug-likeness (QED) is 0.427. The molecule has 0 radical (unpaired) electrons. The summed E-state index contributed by atoms with van der Waals surface area (Å²) in [5.74, 6) is -0.833. The Balaban J connectivity index is -0.00000000848.